The Morgan fingerprint density at radius 2 is 1.82 bits per heavy atom. The number of piperazine rings is 1. The molecular weight excluding hydrogens is 435 g/mol. The average molecular weight is 469 g/mol. The van der Waals surface area contributed by atoms with E-state index in [2.05, 4.69) is 50.3 Å². The molecule has 0 radical (unpaired) electrons. The van der Waals surface area contributed by atoms with Crippen molar-refractivity contribution in [2.45, 2.75) is 37.9 Å². The zero-order chi connectivity index (χ0) is 23.7. The van der Waals surface area contributed by atoms with Gasteiger partial charge in [-0.2, -0.15) is 0 Å². The summed E-state index contributed by atoms with van der Waals surface area (Å²) in [4.78, 5) is 17.5. The highest BCUT2D eigenvalue weighted by atomic mass is 19.1. The number of amides is 1. The van der Waals surface area contributed by atoms with Crippen LogP contribution < -0.4 is 26.2 Å². The van der Waals surface area contributed by atoms with E-state index in [1.165, 1.54) is 16.8 Å². The van der Waals surface area contributed by atoms with Gasteiger partial charge in [-0.15, -0.1) is 0 Å². The molecule has 3 fully saturated rings. The summed E-state index contributed by atoms with van der Waals surface area (Å²) in [6, 6.07) is 13.2. The molecule has 9 heteroatoms. The molecule has 3 atom stereocenters. The molecule has 3 unspecified atom stereocenters. The first kappa shape index (κ1) is 23.2. The molecule has 3 heterocycles. The van der Waals surface area contributed by atoms with Crippen molar-refractivity contribution in [2.75, 3.05) is 49.2 Å². The molecule has 0 aliphatic carbocycles. The van der Waals surface area contributed by atoms with Gasteiger partial charge in [-0.05, 0) is 35.7 Å². The second-order valence-electron chi connectivity index (χ2n) is 9.21. The highest BCUT2D eigenvalue weighted by Crippen LogP contribution is 2.33. The second-order valence-corrected chi connectivity index (χ2v) is 9.21. The quantitative estimate of drug-likeness (QED) is 0.509. The number of hydrogen-bond donors (Lipinski definition) is 4. The fraction of sp³-hybridized carbons (Fsp3) is 0.480. The number of benzene rings is 2. The first-order chi connectivity index (χ1) is 16.6. The lowest BCUT2D eigenvalue weighted by Crippen LogP contribution is -2.60. The molecule has 2 aromatic rings. The van der Waals surface area contributed by atoms with Crippen molar-refractivity contribution in [3.63, 3.8) is 0 Å². The van der Waals surface area contributed by atoms with E-state index in [0.29, 0.717) is 12.1 Å². The average Bonchev–Trinajstić information content (AvgIpc) is 3.27. The summed E-state index contributed by atoms with van der Waals surface area (Å²) in [6.07, 6.45) is 0.928. The molecule has 4 N–H and O–H groups in total. The number of anilines is 2. The van der Waals surface area contributed by atoms with E-state index in [0.717, 1.165) is 43.9 Å². The van der Waals surface area contributed by atoms with Crippen molar-refractivity contribution < 1.29 is 14.3 Å². The topological polar surface area (TPSA) is 83.1 Å². The third-order valence-electron chi connectivity index (χ3n) is 7.22. The maximum Gasteiger partial charge on any atom is 0.243 e. The molecule has 0 aromatic heterocycles. The van der Waals surface area contributed by atoms with Gasteiger partial charge in [-0.3, -0.25) is 15.1 Å². The van der Waals surface area contributed by atoms with Crippen LogP contribution in [0.4, 0.5) is 15.8 Å². The number of β-amino-alcohol motifs (C(OH)–C–C–N with tert-alkyl or cyclic N) is 1. The molecule has 0 bridgehead atoms. The molecule has 2 aromatic carbocycles. The third-order valence-corrected chi connectivity index (χ3v) is 7.22. The normalized spacial score (nSPS) is 25.6. The largest absolute Gasteiger partial charge is 0.395 e. The second kappa shape index (κ2) is 9.97. The number of nitrogens with one attached hydrogen (secondary N) is 3. The summed E-state index contributed by atoms with van der Waals surface area (Å²) in [7, 11) is 0. The van der Waals surface area contributed by atoms with Gasteiger partial charge >= 0.3 is 0 Å². The zero-order valence-electron chi connectivity index (χ0n) is 19.5. The van der Waals surface area contributed by atoms with E-state index < -0.39 is 5.82 Å². The lowest BCUT2D eigenvalue weighted by atomic mass is 9.93. The van der Waals surface area contributed by atoms with Crippen molar-refractivity contribution in [3.8, 4) is 0 Å². The lowest BCUT2D eigenvalue weighted by Gasteiger charge is -2.38. The number of hydrazine groups is 2. The van der Waals surface area contributed by atoms with Gasteiger partial charge in [0.25, 0.3) is 0 Å². The van der Waals surface area contributed by atoms with E-state index in [1.54, 1.807) is 6.07 Å². The summed E-state index contributed by atoms with van der Waals surface area (Å²) in [5.41, 5.74) is 13.3. The number of nitrogens with zero attached hydrogens (tertiary/aromatic N) is 3. The van der Waals surface area contributed by atoms with Crippen molar-refractivity contribution in [3.05, 3.63) is 59.4 Å². The van der Waals surface area contributed by atoms with Crippen LogP contribution in [0.1, 0.15) is 30.5 Å². The first-order valence-electron chi connectivity index (χ1n) is 12.1. The number of para-hydroxylation sites is 1. The molecule has 182 valence electrons. The van der Waals surface area contributed by atoms with Gasteiger partial charge in [0.2, 0.25) is 5.91 Å². The highest BCUT2D eigenvalue weighted by molar-refractivity contribution is 5.94. The van der Waals surface area contributed by atoms with Gasteiger partial charge in [0.05, 0.1) is 24.4 Å². The maximum atomic E-state index is 14.8. The Kier molecular flexibility index (Phi) is 6.80. The minimum absolute atomic E-state index is 0.0621. The predicted octanol–water partition coefficient (Wildman–Crippen LogP) is 1.33. The number of carbonyl (C=O) groups excluding carboxylic acids is 1. The standard InChI is InChI=1S/C25H33FN6O2/c1-2-17-4-3-5-20(26)25(17)32-22(34)16-21-24(29-32)23(28-27-21)18-6-8-19(9-7-18)31-12-10-30(11-13-31)14-15-33/h3-9,21,23-24,27-29,33H,2,10-16H2,1H3. The van der Waals surface area contributed by atoms with Gasteiger partial charge in [0.15, 0.2) is 0 Å². The maximum absolute atomic E-state index is 14.8. The molecule has 5 rings (SSSR count). The third kappa shape index (κ3) is 4.42. The van der Waals surface area contributed by atoms with E-state index in [1.807, 2.05) is 13.0 Å². The number of rotatable bonds is 6. The van der Waals surface area contributed by atoms with Gasteiger partial charge in [0, 0.05) is 50.9 Å². The summed E-state index contributed by atoms with van der Waals surface area (Å²) in [5, 5.41) is 10.6. The van der Waals surface area contributed by atoms with Crippen molar-refractivity contribution >= 4 is 17.3 Å². The van der Waals surface area contributed by atoms with E-state index in [-0.39, 0.29) is 37.1 Å². The fourth-order valence-corrected chi connectivity index (χ4v) is 5.29. The van der Waals surface area contributed by atoms with Crippen LogP contribution in [-0.4, -0.2) is 67.3 Å². The Labute approximate surface area is 199 Å². The molecule has 1 amide bonds. The monoisotopic (exact) mass is 468 g/mol. The van der Waals surface area contributed by atoms with Gasteiger partial charge < -0.3 is 10.0 Å². The van der Waals surface area contributed by atoms with Crippen LogP contribution >= 0.6 is 0 Å². The summed E-state index contributed by atoms with van der Waals surface area (Å²) in [6.45, 7) is 6.67. The molecule has 3 saturated heterocycles. The van der Waals surface area contributed by atoms with E-state index >= 15 is 0 Å². The number of carbonyl (C=O) groups is 1. The minimum Gasteiger partial charge on any atom is -0.395 e. The number of aliphatic hydroxyl groups excluding tert-OH is 1. The van der Waals surface area contributed by atoms with Crippen LogP contribution in [0.5, 0.6) is 0 Å². The van der Waals surface area contributed by atoms with Crippen molar-refractivity contribution in [2.24, 2.45) is 0 Å². The van der Waals surface area contributed by atoms with Gasteiger partial charge in [0.1, 0.15) is 5.82 Å². The first-order valence-corrected chi connectivity index (χ1v) is 12.1. The Hall–Kier alpha value is -2.56. The van der Waals surface area contributed by atoms with Crippen LogP contribution in [0.15, 0.2) is 42.5 Å². The van der Waals surface area contributed by atoms with Crippen LogP contribution in [-0.2, 0) is 11.2 Å². The summed E-state index contributed by atoms with van der Waals surface area (Å²) in [5.74, 6) is -0.538. The highest BCUT2D eigenvalue weighted by Gasteiger charge is 2.44. The van der Waals surface area contributed by atoms with Crippen molar-refractivity contribution in [1.29, 1.82) is 0 Å². The Bertz CT molecular complexity index is 1010. The molecule has 8 nitrogen and oxygen atoms in total. The molecule has 0 spiro atoms. The molecule has 34 heavy (non-hydrogen) atoms. The number of aryl methyl sites for hydroxylation is 1. The molecule has 0 saturated carbocycles. The molecular formula is C25H33FN6O2. The predicted molar refractivity (Wildman–Crippen MR) is 130 cm³/mol. The van der Waals surface area contributed by atoms with Crippen LogP contribution in [0.2, 0.25) is 0 Å². The van der Waals surface area contributed by atoms with Crippen LogP contribution in [0.25, 0.3) is 0 Å². The smallest absolute Gasteiger partial charge is 0.243 e. The Balaban J connectivity index is 1.31. The van der Waals surface area contributed by atoms with Gasteiger partial charge in [-0.1, -0.05) is 31.2 Å². The van der Waals surface area contributed by atoms with Crippen LogP contribution in [0.3, 0.4) is 0 Å². The van der Waals surface area contributed by atoms with E-state index in [4.69, 9.17) is 5.11 Å². The lowest BCUT2D eigenvalue weighted by molar-refractivity contribution is -0.121. The number of halogens is 1. The Morgan fingerprint density at radius 3 is 2.53 bits per heavy atom. The number of aliphatic hydroxyl groups is 1. The zero-order valence-corrected chi connectivity index (χ0v) is 19.5. The summed E-state index contributed by atoms with van der Waals surface area (Å²) >= 11 is 0. The molecule has 3 aliphatic rings. The minimum atomic E-state index is -0.391. The SMILES string of the molecule is CCc1cccc(F)c1N1NC2C(CC1=O)NNC2c1ccc(N2CCN(CCO)CC2)cc1. The van der Waals surface area contributed by atoms with E-state index in [9.17, 15) is 9.18 Å². The van der Waals surface area contributed by atoms with Crippen molar-refractivity contribution in [1.82, 2.24) is 21.2 Å². The van der Waals surface area contributed by atoms with Gasteiger partial charge in [-0.25, -0.2) is 20.3 Å². The fourth-order valence-electron chi connectivity index (χ4n) is 5.29. The number of hydrogen-bond acceptors (Lipinski definition) is 7. The Morgan fingerprint density at radius 1 is 1.06 bits per heavy atom. The molecule has 3 aliphatic heterocycles. The summed E-state index contributed by atoms with van der Waals surface area (Å²) < 4.78 is 14.8. The van der Waals surface area contributed by atoms with Crippen LogP contribution in [0, 0.1) is 5.82 Å². The number of fused-ring (bicyclic) bond motifs is 1.